The van der Waals surface area contributed by atoms with Gasteiger partial charge in [0.05, 0.1) is 11.8 Å². The summed E-state index contributed by atoms with van der Waals surface area (Å²) in [6.07, 6.45) is 5.51. The lowest BCUT2D eigenvalue weighted by Gasteiger charge is -2.34. The third kappa shape index (κ3) is 2.66. The van der Waals surface area contributed by atoms with Gasteiger partial charge in [-0.05, 0) is 33.0 Å². The SMILES string of the molecule is CN1CCC(N(C)C(=O)c2cnn(C)c2)CC1. The number of aromatic nitrogens is 2. The molecular weight excluding hydrogens is 216 g/mol. The molecule has 1 aliphatic rings. The number of hydrogen-bond donors (Lipinski definition) is 0. The van der Waals surface area contributed by atoms with Gasteiger partial charge in [-0.25, -0.2) is 0 Å². The second-order valence-corrected chi connectivity index (χ2v) is 4.85. The molecule has 5 heteroatoms. The normalized spacial score (nSPS) is 18.3. The first kappa shape index (κ1) is 12.1. The van der Waals surface area contributed by atoms with Crippen LogP contribution in [-0.2, 0) is 7.05 Å². The molecule has 1 aromatic rings. The van der Waals surface area contributed by atoms with E-state index in [1.54, 1.807) is 17.1 Å². The quantitative estimate of drug-likeness (QED) is 0.754. The molecule has 0 aromatic carbocycles. The van der Waals surface area contributed by atoms with Crippen LogP contribution in [0.2, 0.25) is 0 Å². The average molecular weight is 236 g/mol. The predicted octanol–water partition coefficient (Wildman–Crippen LogP) is 0.586. The van der Waals surface area contributed by atoms with Crippen LogP contribution >= 0.6 is 0 Å². The molecule has 1 aliphatic heterocycles. The van der Waals surface area contributed by atoms with Crippen molar-refractivity contribution >= 4 is 5.91 Å². The van der Waals surface area contributed by atoms with Crippen molar-refractivity contribution < 1.29 is 4.79 Å². The highest BCUT2D eigenvalue weighted by molar-refractivity contribution is 5.93. The minimum Gasteiger partial charge on any atom is -0.339 e. The molecule has 1 amide bonds. The largest absolute Gasteiger partial charge is 0.339 e. The lowest BCUT2D eigenvalue weighted by atomic mass is 10.0. The Morgan fingerprint density at radius 1 is 1.41 bits per heavy atom. The fraction of sp³-hybridized carbons (Fsp3) is 0.667. The molecule has 1 aromatic heterocycles. The Hall–Kier alpha value is -1.36. The molecule has 0 spiro atoms. The van der Waals surface area contributed by atoms with E-state index in [1.165, 1.54) is 0 Å². The van der Waals surface area contributed by atoms with Gasteiger partial charge in [-0.2, -0.15) is 5.10 Å². The molecule has 0 N–H and O–H groups in total. The smallest absolute Gasteiger partial charge is 0.257 e. The van der Waals surface area contributed by atoms with Gasteiger partial charge in [-0.3, -0.25) is 9.48 Å². The highest BCUT2D eigenvalue weighted by Gasteiger charge is 2.25. The molecular formula is C12H20N4O. The fourth-order valence-corrected chi connectivity index (χ4v) is 2.28. The van der Waals surface area contributed by atoms with Crippen molar-refractivity contribution in [2.45, 2.75) is 18.9 Å². The molecule has 1 fully saturated rings. The standard InChI is InChI=1S/C12H20N4O/c1-14-6-4-11(5-7-14)16(3)12(17)10-8-13-15(2)9-10/h8-9,11H,4-7H2,1-3H3. The van der Waals surface area contributed by atoms with Crippen LogP contribution in [0.15, 0.2) is 12.4 Å². The van der Waals surface area contributed by atoms with E-state index in [1.807, 2.05) is 19.0 Å². The van der Waals surface area contributed by atoms with Gasteiger partial charge in [0.15, 0.2) is 0 Å². The molecule has 0 aliphatic carbocycles. The second-order valence-electron chi connectivity index (χ2n) is 4.85. The number of amides is 1. The van der Waals surface area contributed by atoms with E-state index in [0.717, 1.165) is 25.9 Å². The number of carbonyl (C=O) groups excluding carboxylic acids is 1. The zero-order valence-corrected chi connectivity index (χ0v) is 10.8. The molecule has 2 heterocycles. The maximum absolute atomic E-state index is 12.2. The van der Waals surface area contributed by atoms with Crippen LogP contribution in [0, 0.1) is 0 Å². The lowest BCUT2D eigenvalue weighted by Crippen LogP contribution is -2.44. The van der Waals surface area contributed by atoms with Crippen molar-refractivity contribution in [2.24, 2.45) is 7.05 Å². The van der Waals surface area contributed by atoms with E-state index in [-0.39, 0.29) is 5.91 Å². The van der Waals surface area contributed by atoms with Crippen LogP contribution in [-0.4, -0.2) is 58.7 Å². The highest BCUT2D eigenvalue weighted by Crippen LogP contribution is 2.16. The molecule has 17 heavy (non-hydrogen) atoms. The van der Waals surface area contributed by atoms with Crippen molar-refractivity contribution in [3.8, 4) is 0 Å². The Balaban J connectivity index is 2.00. The van der Waals surface area contributed by atoms with E-state index in [4.69, 9.17) is 0 Å². The van der Waals surface area contributed by atoms with Crippen molar-refractivity contribution in [3.05, 3.63) is 18.0 Å². The zero-order valence-electron chi connectivity index (χ0n) is 10.8. The van der Waals surface area contributed by atoms with Gasteiger partial charge in [0.25, 0.3) is 5.91 Å². The summed E-state index contributed by atoms with van der Waals surface area (Å²) in [5.74, 6) is 0.0765. The summed E-state index contributed by atoms with van der Waals surface area (Å²) in [7, 11) is 5.84. The van der Waals surface area contributed by atoms with Gasteiger partial charge in [0.2, 0.25) is 0 Å². The molecule has 2 rings (SSSR count). The summed E-state index contributed by atoms with van der Waals surface area (Å²) < 4.78 is 1.66. The van der Waals surface area contributed by atoms with Gasteiger partial charge >= 0.3 is 0 Å². The number of carbonyl (C=O) groups is 1. The van der Waals surface area contributed by atoms with Crippen molar-refractivity contribution in [3.63, 3.8) is 0 Å². The Labute approximate surface area is 102 Å². The molecule has 0 saturated carbocycles. The van der Waals surface area contributed by atoms with Crippen LogP contribution in [0.1, 0.15) is 23.2 Å². The third-order valence-electron chi connectivity index (χ3n) is 3.51. The maximum atomic E-state index is 12.2. The van der Waals surface area contributed by atoms with E-state index in [9.17, 15) is 4.79 Å². The third-order valence-corrected chi connectivity index (χ3v) is 3.51. The van der Waals surface area contributed by atoms with E-state index >= 15 is 0 Å². The zero-order chi connectivity index (χ0) is 12.4. The van der Waals surface area contributed by atoms with Gasteiger partial charge in [-0.15, -0.1) is 0 Å². The van der Waals surface area contributed by atoms with Crippen molar-refractivity contribution in [1.29, 1.82) is 0 Å². The maximum Gasteiger partial charge on any atom is 0.257 e. The van der Waals surface area contributed by atoms with Gasteiger partial charge in [0, 0.05) is 26.3 Å². The van der Waals surface area contributed by atoms with Crippen molar-refractivity contribution in [1.82, 2.24) is 19.6 Å². The number of hydrogen-bond acceptors (Lipinski definition) is 3. The number of rotatable bonds is 2. The van der Waals surface area contributed by atoms with Crippen LogP contribution in [0.3, 0.4) is 0 Å². The summed E-state index contributed by atoms with van der Waals surface area (Å²) in [6.45, 7) is 2.13. The molecule has 0 bridgehead atoms. The summed E-state index contributed by atoms with van der Waals surface area (Å²) in [4.78, 5) is 16.4. The lowest BCUT2D eigenvalue weighted by molar-refractivity contribution is 0.0659. The van der Waals surface area contributed by atoms with E-state index in [2.05, 4.69) is 17.0 Å². The summed E-state index contributed by atoms with van der Waals surface area (Å²) in [5, 5.41) is 4.04. The number of piperidine rings is 1. The topological polar surface area (TPSA) is 41.4 Å². The molecule has 5 nitrogen and oxygen atoms in total. The molecule has 94 valence electrons. The minimum atomic E-state index is 0.0765. The van der Waals surface area contributed by atoms with E-state index < -0.39 is 0 Å². The van der Waals surface area contributed by atoms with Crippen molar-refractivity contribution in [2.75, 3.05) is 27.2 Å². The average Bonchev–Trinajstić information content (AvgIpc) is 2.75. The van der Waals surface area contributed by atoms with Gasteiger partial charge in [-0.1, -0.05) is 0 Å². The minimum absolute atomic E-state index is 0.0765. The second kappa shape index (κ2) is 4.87. The Morgan fingerprint density at radius 3 is 2.59 bits per heavy atom. The Bertz CT molecular complexity index is 393. The number of likely N-dealkylation sites (tertiary alicyclic amines) is 1. The fourth-order valence-electron chi connectivity index (χ4n) is 2.28. The first-order chi connectivity index (χ1) is 8.08. The monoisotopic (exact) mass is 236 g/mol. The van der Waals surface area contributed by atoms with Crippen LogP contribution in [0.4, 0.5) is 0 Å². The Morgan fingerprint density at radius 2 is 2.06 bits per heavy atom. The highest BCUT2D eigenvalue weighted by atomic mass is 16.2. The van der Waals surface area contributed by atoms with E-state index in [0.29, 0.717) is 11.6 Å². The van der Waals surface area contributed by atoms with Gasteiger partial charge < -0.3 is 9.80 Å². The molecule has 0 unspecified atom stereocenters. The Kier molecular flexibility index (Phi) is 3.47. The number of nitrogens with zero attached hydrogens (tertiary/aromatic N) is 4. The van der Waals surface area contributed by atoms with Crippen LogP contribution in [0.5, 0.6) is 0 Å². The first-order valence-corrected chi connectivity index (χ1v) is 6.02. The van der Waals surface area contributed by atoms with Crippen LogP contribution in [0.25, 0.3) is 0 Å². The van der Waals surface area contributed by atoms with Gasteiger partial charge in [0.1, 0.15) is 0 Å². The summed E-state index contributed by atoms with van der Waals surface area (Å²) >= 11 is 0. The summed E-state index contributed by atoms with van der Waals surface area (Å²) in [6, 6.07) is 0.360. The molecule has 0 atom stereocenters. The predicted molar refractivity (Wildman–Crippen MR) is 65.8 cm³/mol. The summed E-state index contributed by atoms with van der Waals surface area (Å²) in [5.41, 5.74) is 0.675. The first-order valence-electron chi connectivity index (χ1n) is 6.02. The number of aryl methyl sites for hydroxylation is 1. The molecule has 0 radical (unpaired) electrons. The van der Waals surface area contributed by atoms with Crippen LogP contribution < -0.4 is 0 Å². The molecule has 1 saturated heterocycles.